The fraction of sp³-hybridized carbons (Fsp3) is 0.250. The van der Waals surface area contributed by atoms with Crippen molar-refractivity contribution in [3.05, 3.63) is 23.2 Å². The van der Waals surface area contributed by atoms with Crippen molar-refractivity contribution in [1.82, 2.24) is 0 Å². The van der Waals surface area contributed by atoms with Crippen LogP contribution in [0.5, 0.6) is 0 Å². The van der Waals surface area contributed by atoms with E-state index in [1.807, 2.05) is 23.9 Å². The number of rotatable bonds is 0. The zero-order valence-corrected chi connectivity index (χ0v) is 7.67. The SMILES string of the molecule is CC1Nc2c(Cl)cccc2S1. The first-order valence-electron chi connectivity index (χ1n) is 3.49. The van der Waals surface area contributed by atoms with Crippen molar-refractivity contribution in [2.24, 2.45) is 0 Å². The maximum Gasteiger partial charge on any atom is 0.0742 e. The molecular formula is C8H8ClNS. The van der Waals surface area contributed by atoms with E-state index in [0.717, 1.165) is 10.7 Å². The standard InChI is InChI=1S/C8H8ClNS/c1-5-10-8-6(9)3-2-4-7(8)11-5/h2-5,10H,1H3. The molecule has 0 radical (unpaired) electrons. The minimum Gasteiger partial charge on any atom is -0.371 e. The van der Waals surface area contributed by atoms with Crippen molar-refractivity contribution in [1.29, 1.82) is 0 Å². The Morgan fingerprint density at radius 3 is 3.09 bits per heavy atom. The molecule has 1 aromatic carbocycles. The van der Waals surface area contributed by atoms with E-state index in [9.17, 15) is 0 Å². The average Bonchev–Trinajstić information content (AvgIpc) is 2.31. The fourth-order valence-electron chi connectivity index (χ4n) is 1.17. The Balaban J connectivity index is 2.49. The van der Waals surface area contributed by atoms with Crippen molar-refractivity contribution in [2.75, 3.05) is 5.32 Å². The lowest BCUT2D eigenvalue weighted by atomic mass is 10.3. The zero-order valence-electron chi connectivity index (χ0n) is 6.10. The Hall–Kier alpha value is -0.340. The second-order valence-electron chi connectivity index (χ2n) is 2.52. The van der Waals surface area contributed by atoms with Gasteiger partial charge in [-0.1, -0.05) is 29.4 Å². The smallest absolute Gasteiger partial charge is 0.0742 e. The highest BCUT2D eigenvalue weighted by atomic mass is 35.5. The number of halogens is 1. The molecular weight excluding hydrogens is 178 g/mol. The first-order chi connectivity index (χ1) is 5.27. The molecule has 0 aromatic heterocycles. The number of nitrogens with one attached hydrogen (secondary N) is 1. The molecule has 0 bridgehead atoms. The van der Waals surface area contributed by atoms with Gasteiger partial charge in [0.05, 0.1) is 16.1 Å². The molecule has 3 heteroatoms. The first kappa shape index (κ1) is 7.32. The van der Waals surface area contributed by atoms with Crippen LogP contribution in [0, 0.1) is 0 Å². The Morgan fingerprint density at radius 2 is 2.36 bits per heavy atom. The number of hydrogen-bond acceptors (Lipinski definition) is 2. The van der Waals surface area contributed by atoms with Crippen LogP contribution in [0.4, 0.5) is 5.69 Å². The van der Waals surface area contributed by atoms with Crippen molar-refractivity contribution in [2.45, 2.75) is 17.2 Å². The molecule has 58 valence electrons. The second kappa shape index (κ2) is 2.61. The monoisotopic (exact) mass is 185 g/mol. The third-order valence-electron chi connectivity index (χ3n) is 1.63. The van der Waals surface area contributed by atoms with E-state index in [1.54, 1.807) is 0 Å². The summed E-state index contributed by atoms with van der Waals surface area (Å²) in [6.07, 6.45) is 0. The minimum absolute atomic E-state index is 0.449. The molecule has 0 spiro atoms. The van der Waals surface area contributed by atoms with Crippen molar-refractivity contribution in [3.63, 3.8) is 0 Å². The lowest BCUT2D eigenvalue weighted by molar-refractivity contribution is 1.15. The maximum atomic E-state index is 5.96. The van der Waals surface area contributed by atoms with Gasteiger partial charge in [-0.3, -0.25) is 0 Å². The molecule has 1 aliphatic heterocycles. The molecule has 2 rings (SSSR count). The normalized spacial score (nSPS) is 21.1. The molecule has 1 heterocycles. The predicted molar refractivity (Wildman–Crippen MR) is 50.4 cm³/mol. The molecule has 0 saturated heterocycles. The number of fused-ring (bicyclic) bond motifs is 1. The largest absolute Gasteiger partial charge is 0.371 e. The van der Waals surface area contributed by atoms with Crippen molar-refractivity contribution < 1.29 is 0 Å². The molecule has 0 saturated carbocycles. The van der Waals surface area contributed by atoms with Crippen LogP contribution < -0.4 is 5.32 Å². The van der Waals surface area contributed by atoms with Gasteiger partial charge in [-0.15, -0.1) is 0 Å². The number of hydrogen-bond donors (Lipinski definition) is 1. The molecule has 0 aliphatic carbocycles. The van der Waals surface area contributed by atoms with Crippen LogP contribution in [0.15, 0.2) is 23.1 Å². The third kappa shape index (κ3) is 1.21. The number of para-hydroxylation sites is 1. The molecule has 1 nitrogen and oxygen atoms in total. The van der Waals surface area contributed by atoms with Gasteiger partial charge in [0.25, 0.3) is 0 Å². The van der Waals surface area contributed by atoms with Crippen LogP contribution >= 0.6 is 23.4 Å². The molecule has 1 atom stereocenters. The van der Waals surface area contributed by atoms with Gasteiger partial charge in [-0.2, -0.15) is 0 Å². The summed E-state index contributed by atoms with van der Waals surface area (Å²) in [7, 11) is 0. The van der Waals surface area contributed by atoms with Crippen LogP contribution in [0.25, 0.3) is 0 Å². The minimum atomic E-state index is 0.449. The molecule has 1 unspecified atom stereocenters. The van der Waals surface area contributed by atoms with E-state index in [0.29, 0.717) is 5.37 Å². The number of benzene rings is 1. The maximum absolute atomic E-state index is 5.96. The van der Waals surface area contributed by atoms with Crippen LogP contribution in [-0.2, 0) is 0 Å². The summed E-state index contributed by atoms with van der Waals surface area (Å²) in [6.45, 7) is 2.13. The van der Waals surface area contributed by atoms with Gasteiger partial charge in [0.15, 0.2) is 0 Å². The lowest BCUT2D eigenvalue weighted by Crippen LogP contribution is -2.02. The van der Waals surface area contributed by atoms with E-state index >= 15 is 0 Å². The fourth-order valence-corrected chi connectivity index (χ4v) is 2.45. The van der Waals surface area contributed by atoms with E-state index in [4.69, 9.17) is 11.6 Å². The number of anilines is 1. The first-order valence-corrected chi connectivity index (χ1v) is 4.75. The quantitative estimate of drug-likeness (QED) is 0.666. The van der Waals surface area contributed by atoms with Crippen molar-refractivity contribution >= 4 is 29.1 Å². The summed E-state index contributed by atoms with van der Waals surface area (Å²) in [6, 6.07) is 5.97. The summed E-state index contributed by atoms with van der Waals surface area (Å²) in [4.78, 5) is 1.25. The van der Waals surface area contributed by atoms with Gasteiger partial charge in [0.1, 0.15) is 0 Å². The molecule has 11 heavy (non-hydrogen) atoms. The highest BCUT2D eigenvalue weighted by Gasteiger charge is 2.18. The Morgan fingerprint density at radius 1 is 1.55 bits per heavy atom. The summed E-state index contributed by atoms with van der Waals surface area (Å²) >= 11 is 7.77. The molecule has 1 aromatic rings. The predicted octanol–water partition coefficient (Wildman–Crippen LogP) is 3.20. The van der Waals surface area contributed by atoms with Crippen LogP contribution in [0.2, 0.25) is 5.02 Å². The summed E-state index contributed by atoms with van der Waals surface area (Å²) < 4.78 is 0. The lowest BCUT2D eigenvalue weighted by Gasteiger charge is -2.01. The number of thioether (sulfide) groups is 1. The van der Waals surface area contributed by atoms with E-state index in [1.165, 1.54) is 4.90 Å². The van der Waals surface area contributed by atoms with Gasteiger partial charge < -0.3 is 5.32 Å². The van der Waals surface area contributed by atoms with E-state index in [-0.39, 0.29) is 0 Å². The average molecular weight is 186 g/mol. The topological polar surface area (TPSA) is 12.0 Å². The van der Waals surface area contributed by atoms with Gasteiger partial charge in [0, 0.05) is 4.90 Å². The third-order valence-corrected chi connectivity index (χ3v) is 3.01. The Labute approximate surface area is 75.1 Å². The van der Waals surface area contributed by atoms with Crippen LogP contribution in [0.3, 0.4) is 0 Å². The Kier molecular flexibility index (Phi) is 1.74. The highest BCUT2D eigenvalue weighted by molar-refractivity contribution is 8.00. The van der Waals surface area contributed by atoms with E-state index in [2.05, 4.69) is 18.3 Å². The second-order valence-corrected chi connectivity index (χ2v) is 4.31. The van der Waals surface area contributed by atoms with Gasteiger partial charge in [-0.05, 0) is 19.1 Å². The Bertz CT molecular complexity index is 287. The zero-order chi connectivity index (χ0) is 7.84. The molecule has 1 N–H and O–H groups in total. The van der Waals surface area contributed by atoms with Crippen LogP contribution in [-0.4, -0.2) is 5.37 Å². The molecule has 0 fully saturated rings. The van der Waals surface area contributed by atoms with E-state index < -0.39 is 0 Å². The summed E-state index contributed by atoms with van der Waals surface area (Å²) in [5, 5.41) is 4.56. The van der Waals surface area contributed by atoms with Crippen molar-refractivity contribution in [3.8, 4) is 0 Å². The molecule has 1 aliphatic rings. The summed E-state index contributed by atoms with van der Waals surface area (Å²) in [5.74, 6) is 0. The van der Waals surface area contributed by atoms with Gasteiger partial charge >= 0.3 is 0 Å². The van der Waals surface area contributed by atoms with Gasteiger partial charge in [0.2, 0.25) is 0 Å². The summed E-state index contributed by atoms with van der Waals surface area (Å²) in [5.41, 5.74) is 1.09. The van der Waals surface area contributed by atoms with Crippen LogP contribution in [0.1, 0.15) is 6.92 Å². The molecule has 0 amide bonds. The highest BCUT2D eigenvalue weighted by Crippen LogP contribution is 2.41. The van der Waals surface area contributed by atoms with Gasteiger partial charge in [-0.25, -0.2) is 0 Å².